The van der Waals surface area contributed by atoms with Crippen molar-refractivity contribution in [2.45, 2.75) is 59.0 Å². The van der Waals surface area contributed by atoms with Gasteiger partial charge in [-0.2, -0.15) is 5.10 Å². The number of methoxy groups -OCH3 is 1. The lowest BCUT2D eigenvalue weighted by atomic mass is 10.1. The number of halogens is 1. The number of rotatable bonds is 7. The van der Waals surface area contributed by atoms with Crippen LogP contribution in [0.15, 0.2) is 17.4 Å². The molecule has 2 aromatic rings. The highest BCUT2D eigenvalue weighted by molar-refractivity contribution is 14.0. The number of fused-ring (bicyclic) bond motifs is 1. The van der Waals surface area contributed by atoms with E-state index in [1.807, 2.05) is 17.1 Å². The second kappa shape index (κ2) is 10.7. The summed E-state index contributed by atoms with van der Waals surface area (Å²) in [6, 6.07) is 0.260. The summed E-state index contributed by atoms with van der Waals surface area (Å²) in [5.41, 5.74) is 0. The van der Waals surface area contributed by atoms with E-state index in [9.17, 15) is 0 Å². The molecule has 1 aliphatic rings. The van der Waals surface area contributed by atoms with Crippen LogP contribution in [0.3, 0.4) is 0 Å². The Hall–Kier alpha value is -1.69. The molecular formula is C18H31IN8O. The lowest BCUT2D eigenvalue weighted by Gasteiger charge is -2.25. The summed E-state index contributed by atoms with van der Waals surface area (Å²) < 4.78 is 9.28. The van der Waals surface area contributed by atoms with Gasteiger partial charge in [0.25, 0.3) is 0 Å². The third-order valence-corrected chi connectivity index (χ3v) is 4.52. The smallest absolute Gasteiger partial charge is 0.191 e. The summed E-state index contributed by atoms with van der Waals surface area (Å²) in [6.45, 7) is 7.23. The molecule has 1 unspecified atom stereocenters. The van der Waals surface area contributed by atoms with Gasteiger partial charge < -0.3 is 19.9 Å². The van der Waals surface area contributed by atoms with E-state index < -0.39 is 0 Å². The number of hydrogen-bond donors (Lipinski definition) is 2. The largest absolute Gasteiger partial charge is 0.377 e. The highest BCUT2D eigenvalue weighted by Gasteiger charge is 2.22. The van der Waals surface area contributed by atoms with Gasteiger partial charge in [-0.15, -0.1) is 24.0 Å². The molecule has 156 valence electrons. The fourth-order valence-corrected chi connectivity index (χ4v) is 3.29. The maximum Gasteiger partial charge on any atom is 0.191 e. The summed E-state index contributed by atoms with van der Waals surface area (Å²) in [4.78, 5) is 13.3. The van der Waals surface area contributed by atoms with E-state index in [1.54, 1.807) is 14.2 Å². The number of nitrogens with one attached hydrogen (secondary N) is 2. The van der Waals surface area contributed by atoms with Gasteiger partial charge >= 0.3 is 0 Å². The van der Waals surface area contributed by atoms with Crippen molar-refractivity contribution in [3.63, 3.8) is 0 Å². The van der Waals surface area contributed by atoms with Crippen molar-refractivity contribution in [1.29, 1.82) is 0 Å². The predicted molar refractivity (Wildman–Crippen MR) is 119 cm³/mol. The highest BCUT2D eigenvalue weighted by Crippen LogP contribution is 2.13. The molecule has 10 heteroatoms. The molecule has 1 aliphatic heterocycles. The van der Waals surface area contributed by atoms with Crippen molar-refractivity contribution >= 4 is 29.9 Å². The quantitative estimate of drug-likeness (QED) is 0.339. The van der Waals surface area contributed by atoms with Gasteiger partial charge in [0.15, 0.2) is 11.8 Å². The van der Waals surface area contributed by atoms with Gasteiger partial charge in [-0.25, -0.2) is 14.6 Å². The molecule has 0 aliphatic carbocycles. The fourth-order valence-electron chi connectivity index (χ4n) is 3.29. The Labute approximate surface area is 183 Å². The molecule has 0 spiro atoms. The van der Waals surface area contributed by atoms with Crippen molar-refractivity contribution in [2.75, 3.05) is 14.2 Å². The van der Waals surface area contributed by atoms with Crippen LogP contribution < -0.4 is 10.6 Å². The molecule has 0 fully saturated rings. The van der Waals surface area contributed by atoms with Crippen molar-refractivity contribution in [3.05, 3.63) is 29.9 Å². The Morgan fingerprint density at radius 1 is 1.43 bits per heavy atom. The van der Waals surface area contributed by atoms with E-state index in [0.29, 0.717) is 19.1 Å². The van der Waals surface area contributed by atoms with Crippen LogP contribution in [-0.4, -0.2) is 50.5 Å². The number of aryl methyl sites for hydroxylation is 1. The third-order valence-electron chi connectivity index (χ3n) is 4.52. The normalized spacial score (nSPS) is 16.6. The van der Waals surface area contributed by atoms with Crippen LogP contribution in [0, 0.1) is 5.92 Å². The first-order valence-electron chi connectivity index (χ1n) is 9.47. The fraction of sp³-hybridized carbons (Fsp3) is 0.667. The van der Waals surface area contributed by atoms with E-state index >= 15 is 0 Å². The number of hydrogen-bond acceptors (Lipinski definition) is 5. The van der Waals surface area contributed by atoms with E-state index in [1.165, 1.54) is 0 Å². The molecule has 0 radical (unpaired) electrons. The van der Waals surface area contributed by atoms with Gasteiger partial charge in [0.1, 0.15) is 18.3 Å². The first-order valence-corrected chi connectivity index (χ1v) is 9.47. The standard InChI is InChI=1S/C18H30N8O.HI/c1-13(2)10-25-8-7-20-17(25)9-21-18(19-3)22-14-5-6-16-23-15(12-27-4)24-26(16)11-14;/h7-8,13-14H,5-6,9-12H2,1-4H3,(H2,19,21,22);1H. The Balaban J connectivity index is 0.00000280. The Bertz CT molecular complexity index is 769. The Morgan fingerprint density at radius 2 is 2.25 bits per heavy atom. The molecule has 0 bridgehead atoms. The zero-order valence-electron chi connectivity index (χ0n) is 17.1. The molecular weight excluding hydrogens is 471 g/mol. The van der Waals surface area contributed by atoms with Gasteiger partial charge in [0.2, 0.25) is 0 Å². The van der Waals surface area contributed by atoms with Crippen molar-refractivity contribution in [1.82, 2.24) is 34.9 Å². The minimum absolute atomic E-state index is 0. The Morgan fingerprint density at radius 3 is 2.96 bits per heavy atom. The molecule has 0 saturated carbocycles. The van der Waals surface area contributed by atoms with Crippen molar-refractivity contribution in [2.24, 2.45) is 10.9 Å². The van der Waals surface area contributed by atoms with E-state index in [4.69, 9.17) is 4.74 Å². The second-order valence-electron chi connectivity index (χ2n) is 7.25. The molecule has 2 N–H and O–H groups in total. The first-order chi connectivity index (χ1) is 13.1. The van der Waals surface area contributed by atoms with Crippen LogP contribution >= 0.6 is 24.0 Å². The second-order valence-corrected chi connectivity index (χ2v) is 7.25. The number of imidazole rings is 1. The maximum atomic E-state index is 5.12. The zero-order valence-corrected chi connectivity index (χ0v) is 19.4. The van der Waals surface area contributed by atoms with Gasteiger partial charge in [-0.1, -0.05) is 13.8 Å². The minimum Gasteiger partial charge on any atom is -0.377 e. The van der Waals surface area contributed by atoms with E-state index in [0.717, 1.165) is 49.4 Å². The molecule has 2 aromatic heterocycles. The van der Waals surface area contributed by atoms with E-state index in [-0.39, 0.29) is 30.0 Å². The van der Waals surface area contributed by atoms with Crippen molar-refractivity contribution < 1.29 is 4.74 Å². The minimum atomic E-state index is 0. The lowest BCUT2D eigenvalue weighted by molar-refractivity contribution is 0.177. The van der Waals surface area contributed by atoms with Crippen LogP contribution in [0.1, 0.15) is 37.7 Å². The SMILES string of the molecule is CN=C(NCc1nccn1CC(C)C)NC1CCc2nc(COC)nn2C1.I. The van der Waals surface area contributed by atoms with Crippen LogP contribution in [0.5, 0.6) is 0 Å². The number of ether oxygens (including phenoxy) is 1. The molecule has 28 heavy (non-hydrogen) atoms. The van der Waals surface area contributed by atoms with E-state index in [2.05, 4.69) is 49.1 Å². The molecule has 9 nitrogen and oxygen atoms in total. The van der Waals surface area contributed by atoms with Gasteiger partial charge in [-0.05, 0) is 12.3 Å². The van der Waals surface area contributed by atoms with Gasteiger partial charge in [-0.3, -0.25) is 4.99 Å². The monoisotopic (exact) mass is 502 g/mol. The third kappa shape index (κ3) is 5.90. The summed E-state index contributed by atoms with van der Waals surface area (Å²) in [5, 5.41) is 11.4. The molecule has 1 atom stereocenters. The Kier molecular flexibility index (Phi) is 8.67. The predicted octanol–water partition coefficient (Wildman–Crippen LogP) is 1.57. The van der Waals surface area contributed by atoms with Crippen molar-refractivity contribution in [3.8, 4) is 0 Å². The highest BCUT2D eigenvalue weighted by atomic mass is 127. The summed E-state index contributed by atoms with van der Waals surface area (Å²) >= 11 is 0. The van der Waals surface area contributed by atoms with Crippen LogP contribution in [0.2, 0.25) is 0 Å². The first kappa shape index (κ1) is 22.6. The molecule has 0 aromatic carbocycles. The summed E-state index contributed by atoms with van der Waals surface area (Å²) in [6.07, 6.45) is 5.76. The van der Waals surface area contributed by atoms with Gasteiger partial charge in [0.05, 0.1) is 13.1 Å². The van der Waals surface area contributed by atoms with Gasteiger partial charge in [0, 0.05) is 45.6 Å². The number of aromatic nitrogens is 5. The average Bonchev–Trinajstić information content (AvgIpc) is 3.24. The number of guanidine groups is 1. The van der Waals surface area contributed by atoms with Crippen LogP contribution in [-0.2, 0) is 37.4 Å². The molecule has 3 rings (SSSR count). The molecule has 0 saturated heterocycles. The average molecular weight is 502 g/mol. The zero-order chi connectivity index (χ0) is 19.2. The molecule has 0 amide bonds. The lowest BCUT2D eigenvalue weighted by Crippen LogP contribution is -2.47. The molecule has 3 heterocycles. The summed E-state index contributed by atoms with van der Waals surface area (Å²) in [5.74, 6) is 4.14. The topological polar surface area (TPSA) is 94.2 Å². The van der Waals surface area contributed by atoms with Crippen LogP contribution in [0.25, 0.3) is 0 Å². The number of aliphatic imine (C=N–C) groups is 1. The van der Waals surface area contributed by atoms with Crippen LogP contribution in [0.4, 0.5) is 0 Å². The maximum absolute atomic E-state index is 5.12. The number of nitrogens with zero attached hydrogens (tertiary/aromatic N) is 6. The summed E-state index contributed by atoms with van der Waals surface area (Å²) in [7, 11) is 3.45.